The van der Waals surface area contributed by atoms with Crippen molar-refractivity contribution >= 4 is 23.2 Å². The maximum absolute atomic E-state index is 9.35. The summed E-state index contributed by atoms with van der Waals surface area (Å²) in [6.07, 6.45) is -1.35. The van der Waals surface area contributed by atoms with Gasteiger partial charge in [-0.2, -0.15) is 0 Å². The Morgan fingerprint density at radius 2 is 1.17 bits per heavy atom. The number of aliphatic hydroxyl groups is 4. The lowest BCUT2D eigenvalue weighted by Gasteiger charge is -2.13. The summed E-state index contributed by atoms with van der Waals surface area (Å²) in [5, 5.41) is 37.1. The lowest BCUT2D eigenvalue weighted by atomic mass is 10.0. The highest BCUT2D eigenvalue weighted by atomic mass is 35.5. The molecule has 0 aliphatic heterocycles. The summed E-state index contributed by atoms with van der Waals surface area (Å²) < 4.78 is 0. The highest BCUT2D eigenvalue weighted by Gasteiger charge is 2.13. The van der Waals surface area contributed by atoms with Crippen molar-refractivity contribution in [3.63, 3.8) is 0 Å². The Morgan fingerprint density at radius 1 is 0.833 bits per heavy atom. The highest BCUT2D eigenvalue weighted by Crippen LogP contribution is 2.27. The molecule has 1 aromatic carbocycles. The Bertz CT molecular complexity index is 360. The van der Waals surface area contributed by atoms with E-state index in [-0.39, 0.29) is 26.1 Å². The topological polar surface area (TPSA) is 80.9 Å². The summed E-state index contributed by atoms with van der Waals surface area (Å²) in [5.41, 5.74) is 1.26. The van der Waals surface area contributed by atoms with Gasteiger partial charge < -0.3 is 20.4 Å². The zero-order valence-electron chi connectivity index (χ0n) is 9.68. The Balaban J connectivity index is 2.89. The van der Waals surface area contributed by atoms with Gasteiger partial charge >= 0.3 is 0 Å². The molecule has 102 valence electrons. The Hall–Kier alpha value is -0.360. The maximum atomic E-state index is 9.35. The highest BCUT2D eigenvalue weighted by molar-refractivity contribution is 6.34. The second-order valence-electron chi connectivity index (χ2n) is 4.12. The van der Waals surface area contributed by atoms with E-state index in [1.165, 1.54) is 0 Å². The minimum Gasteiger partial charge on any atom is -0.394 e. The van der Waals surface area contributed by atoms with E-state index in [0.717, 1.165) is 0 Å². The fourth-order valence-corrected chi connectivity index (χ4v) is 2.11. The monoisotopic (exact) mass is 294 g/mol. The molecule has 0 aliphatic carbocycles. The molecule has 0 bridgehead atoms. The van der Waals surface area contributed by atoms with Crippen molar-refractivity contribution in [1.82, 2.24) is 0 Å². The smallest absolute Gasteiger partial charge is 0.0811 e. The third-order valence-corrected chi connectivity index (χ3v) is 3.25. The lowest BCUT2D eigenvalue weighted by molar-refractivity contribution is 0.0949. The molecule has 1 rings (SSSR count). The minimum atomic E-state index is -0.882. The fraction of sp³-hybridized carbons (Fsp3) is 0.500. The van der Waals surface area contributed by atoms with Gasteiger partial charge in [0.25, 0.3) is 0 Å². The van der Waals surface area contributed by atoms with Gasteiger partial charge in [0.1, 0.15) is 0 Å². The van der Waals surface area contributed by atoms with E-state index in [2.05, 4.69) is 0 Å². The van der Waals surface area contributed by atoms with Gasteiger partial charge in [0.2, 0.25) is 0 Å². The molecule has 0 saturated heterocycles. The van der Waals surface area contributed by atoms with Crippen LogP contribution in [-0.2, 0) is 12.8 Å². The van der Waals surface area contributed by atoms with E-state index in [1.54, 1.807) is 12.1 Å². The molecule has 6 heteroatoms. The lowest BCUT2D eigenvalue weighted by Crippen LogP contribution is -2.17. The second-order valence-corrected chi connectivity index (χ2v) is 4.93. The molecule has 1 aromatic rings. The molecule has 0 amide bonds. The summed E-state index contributed by atoms with van der Waals surface area (Å²) in [5.74, 6) is 0. The van der Waals surface area contributed by atoms with Crippen molar-refractivity contribution in [3.8, 4) is 0 Å². The maximum Gasteiger partial charge on any atom is 0.0811 e. The molecule has 0 aromatic heterocycles. The third kappa shape index (κ3) is 4.39. The molecule has 4 N–H and O–H groups in total. The molecule has 0 saturated carbocycles. The normalized spacial score (nSPS) is 14.6. The SMILES string of the molecule is OCC(O)Cc1cc(Cl)c(CC(O)CO)cc1Cl. The number of halogens is 2. The van der Waals surface area contributed by atoms with Crippen LogP contribution in [0.2, 0.25) is 10.0 Å². The minimum absolute atomic E-state index is 0.206. The molecule has 0 heterocycles. The summed E-state index contributed by atoms with van der Waals surface area (Å²) >= 11 is 12.1. The zero-order chi connectivity index (χ0) is 13.7. The van der Waals surface area contributed by atoms with Crippen molar-refractivity contribution in [3.05, 3.63) is 33.3 Å². The first kappa shape index (κ1) is 15.7. The Labute approximate surface area is 115 Å². The van der Waals surface area contributed by atoms with Gasteiger partial charge in [-0.3, -0.25) is 0 Å². The van der Waals surface area contributed by atoms with Gasteiger partial charge in [-0.05, 0) is 23.3 Å². The van der Waals surface area contributed by atoms with Crippen molar-refractivity contribution in [2.75, 3.05) is 13.2 Å². The van der Waals surface area contributed by atoms with Crippen LogP contribution in [0.3, 0.4) is 0 Å². The molecule has 0 fully saturated rings. The number of rotatable bonds is 6. The zero-order valence-corrected chi connectivity index (χ0v) is 11.2. The van der Waals surface area contributed by atoms with Crippen molar-refractivity contribution in [2.24, 2.45) is 0 Å². The number of aliphatic hydroxyl groups excluding tert-OH is 4. The van der Waals surface area contributed by atoms with Crippen LogP contribution in [0.15, 0.2) is 12.1 Å². The number of hydrogen-bond acceptors (Lipinski definition) is 4. The molecular formula is C12H16Cl2O4. The molecule has 0 radical (unpaired) electrons. The summed E-state index contributed by atoms with van der Waals surface area (Å²) in [4.78, 5) is 0. The van der Waals surface area contributed by atoms with Crippen molar-refractivity contribution in [2.45, 2.75) is 25.0 Å². The number of benzene rings is 1. The van der Waals surface area contributed by atoms with Gasteiger partial charge in [-0.15, -0.1) is 0 Å². The van der Waals surface area contributed by atoms with E-state index in [4.69, 9.17) is 33.4 Å². The van der Waals surface area contributed by atoms with Crippen LogP contribution in [0.1, 0.15) is 11.1 Å². The average molecular weight is 295 g/mol. The molecule has 0 aliphatic rings. The van der Waals surface area contributed by atoms with Gasteiger partial charge in [0.15, 0.2) is 0 Å². The van der Waals surface area contributed by atoms with E-state index >= 15 is 0 Å². The average Bonchev–Trinajstić information content (AvgIpc) is 2.34. The second kappa shape index (κ2) is 7.28. The van der Waals surface area contributed by atoms with Gasteiger partial charge in [0, 0.05) is 22.9 Å². The third-order valence-electron chi connectivity index (χ3n) is 2.55. The van der Waals surface area contributed by atoms with Crippen molar-refractivity contribution in [1.29, 1.82) is 0 Å². The van der Waals surface area contributed by atoms with E-state index in [9.17, 15) is 10.2 Å². The fourth-order valence-electron chi connectivity index (χ4n) is 1.58. The molecule has 0 spiro atoms. The first-order valence-electron chi connectivity index (χ1n) is 5.52. The Morgan fingerprint density at radius 3 is 1.44 bits per heavy atom. The predicted molar refractivity (Wildman–Crippen MR) is 70.1 cm³/mol. The molecule has 2 unspecified atom stereocenters. The van der Waals surface area contributed by atoms with E-state index < -0.39 is 12.2 Å². The molecule has 2 atom stereocenters. The largest absolute Gasteiger partial charge is 0.394 e. The van der Waals surface area contributed by atoms with E-state index in [0.29, 0.717) is 21.2 Å². The summed E-state index contributed by atoms with van der Waals surface area (Å²) in [6, 6.07) is 3.20. The molecule has 4 nitrogen and oxygen atoms in total. The van der Waals surface area contributed by atoms with Gasteiger partial charge in [-0.25, -0.2) is 0 Å². The van der Waals surface area contributed by atoms with Gasteiger partial charge in [-0.1, -0.05) is 23.2 Å². The summed E-state index contributed by atoms with van der Waals surface area (Å²) in [6.45, 7) is -0.697. The van der Waals surface area contributed by atoms with Crippen LogP contribution in [0.5, 0.6) is 0 Å². The standard InChI is InChI=1S/C12H16Cl2O4/c13-11-4-8(2-10(18)6-16)12(14)3-7(11)1-9(17)5-15/h3-4,9-10,15-18H,1-2,5-6H2. The molecular weight excluding hydrogens is 279 g/mol. The summed E-state index contributed by atoms with van der Waals surface area (Å²) in [7, 11) is 0. The Kier molecular flexibility index (Phi) is 6.35. The van der Waals surface area contributed by atoms with Crippen LogP contribution in [0.25, 0.3) is 0 Å². The van der Waals surface area contributed by atoms with Gasteiger partial charge in [0.05, 0.1) is 25.4 Å². The van der Waals surface area contributed by atoms with Crippen LogP contribution in [0, 0.1) is 0 Å². The van der Waals surface area contributed by atoms with Crippen LogP contribution < -0.4 is 0 Å². The molecule has 18 heavy (non-hydrogen) atoms. The van der Waals surface area contributed by atoms with Crippen LogP contribution in [0.4, 0.5) is 0 Å². The quantitative estimate of drug-likeness (QED) is 0.625. The van der Waals surface area contributed by atoms with Crippen LogP contribution in [-0.4, -0.2) is 45.8 Å². The first-order chi connectivity index (χ1) is 8.47. The first-order valence-corrected chi connectivity index (χ1v) is 6.28. The van der Waals surface area contributed by atoms with Crippen molar-refractivity contribution < 1.29 is 20.4 Å². The van der Waals surface area contributed by atoms with E-state index in [1.807, 2.05) is 0 Å². The number of hydrogen-bond donors (Lipinski definition) is 4. The predicted octanol–water partition coefficient (Wildman–Crippen LogP) is 0.785. The van der Waals surface area contributed by atoms with Crippen LogP contribution >= 0.6 is 23.2 Å².